The van der Waals surface area contributed by atoms with Gasteiger partial charge in [-0.1, -0.05) is 0 Å². The predicted molar refractivity (Wildman–Crippen MR) is 51.2 cm³/mol. The van der Waals surface area contributed by atoms with Crippen molar-refractivity contribution in [3.8, 4) is 0 Å². The van der Waals surface area contributed by atoms with E-state index in [1.165, 1.54) is 0 Å². The Hall–Kier alpha value is -1.31. The van der Waals surface area contributed by atoms with Crippen LogP contribution < -0.4 is 10.6 Å². The van der Waals surface area contributed by atoms with Crippen LogP contribution in [0, 0.1) is 11.8 Å². The van der Waals surface area contributed by atoms with Gasteiger partial charge in [-0.05, 0) is 13.0 Å². The number of fused-ring (bicyclic) bond motifs is 1. The number of aliphatic carboxylic acids is 1. The van der Waals surface area contributed by atoms with Crippen molar-refractivity contribution in [3.63, 3.8) is 0 Å². The Morgan fingerprint density at radius 2 is 1.94 bits per heavy atom. The molecule has 0 aromatic heterocycles. The predicted octanol–water partition coefficient (Wildman–Crippen LogP) is -0.0248. The maximum Gasteiger partial charge on any atom is 0.490 e. The minimum Gasteiger partial charge on any atom is -0.475 e. The molecule has 2 atom stereocenters. The Kier molecular flexibility index (Phi) is 4.33. The molecule has 8 heteroatoms. The van der Waals surface area contributed by atoms with Crippen LogP contribution in [0.5, 0.6) is 0 Å². The molecule has 3 N–H and O–H groups in total. The third-order valence-corrected chi connectivity index (χ3v) is 2.73. The molecule has 0 bridgehead atoms. The molecule has 1 amide bonds. The third-order valence-electron chi connectivity index (χ3n) is 2.73. The monoisotopic (exact) mass is 254 g/mol. The molecule has 2 rings (SSSR count). The van der Waals surface area contributed by atoms with Gasteiger partial charge in [0.15, 0.2) is 0 Å². The van der Waals surface area contributed by atoms with E-state index in [1.54, 1.807) is 0 Å². The number of halogens is 3. The van der Waals surface area contributed by atoms with Gasteiger partial charge >= 0.3 is 12.1 Å². The highest BCUT2D eigenvalue weighted by Crippen LogP contribution is 2.22. The summed E-state index contributed by atoms with van der Waals surface area (Å²) in [5.41, 5.74) is 0. The summed E-state index contributed by atoms with van der Waals surface area (Å²) in [7, 11) is 0. The van der Waals surface area contributed by atoms with E-state index >= 15 is 0 Å². The summed E-state index contributed by atoms with van der Waals surface area (Å²) in [5, 5.41) is 13.3. The second-order valence-electron chi connectivity index (χ2n) is 3.91. The van der Waals surface area contributed by atoms with Crippen LogP contribution >= 0.6 is 0 Å². The Bertz CT molecular complexity index is 306. The van der Waals surface area contributed by atoms with E-state index in [0.29, 0.717) is 11.8 Å². The lowest BCUT2D eigenvalue weighted by Crippen LogP contribution is -2.36. The molecule has 2 aliphatic heterocycles. The lowest BCUT2D eigenvalue weighted by Gasteiger charge is -2.22. The Balaban J connectivity index is 0.000000185. The van der Waals surface area contributed by atoms with Crippen LogP contribution in [0.3, 0.4) is 0 Å². The molecular formula is C9H13F3N2O3. The average molecular weight is 254 g/mol. The summed E-state index contributed by atoms with van der Waals surface area (Å²) in [4.78, 5) is 20.0. The number of nitrogens with one attached hydrogen (secondary N) is 2. The zero-order valence-corrected chi connectivity index (χ0v) is 8.88. The molecular weight excluding hydrogens is 241 g/mol. The largest absolute Gasteiger partial charge is 0.490 e. The Labute approximate surface area is 95.4 Å². The van der Waals surface area contributed by atoms with Crippen LogP contribution in [0.2, 0.25) is 0 Å². The molecule has 2 heterocycles. The average Bonchev–Trinajstić information content (AvgIpc) is 2.61. The highest BCUT2D eigenvalue weighted by Gasteiger charge is 2.38. The fourth-order valence-corrected chi connectivity index (χ4v) is 1.85. The van der Waals surface area contributed by atoms with Gasteiger partial charge in [-0.3, -0.25) is 4.79 Å². The van der Waals surface area contributed by atoms with Crippen LogP contribution in [-0.4, -0.2) is 42.8 Å². The molecule has 0 aromatic rings. The second-order valence-corrected chi connectivity index (χ2v) is 3.91. The summed E-state index contributed by atoms with van der Waals surface area (Å²) >= 11 is 0. The van der Waals surface area contributed by atoms with Crippen LogP contribution in [0.25, 0.3) is 0 Å². The van der Waals surface area contributed by atoms with Gasteiger partial charge in [-0.2, -0.15) is 13.2 Å². The smallest absolute Gasteiger partial charge is 0.475 e. The highest BCUT2D eigenvalue weighted by molar-refractivity contribution is 5.81. The summed E-state index contributed by atoms with van der Waals surface area (Å²) in [6.07, 6.45) is -4.06. The molecule has 0 unspecified atom stereocenters. The lowest BCUT2D eigenvalue weighted by molar-refractivity contribution is -0.192. The number of carboxylic acids is 1. The van der Waals surface area contributed by atoms with Crippen molar-refractivity contribution in [1.82, 2.24) is 10.6 Å². The minimum atomic E-state index is -5.08. The van der Waals surface area contributed by atoms with Gasteiger partial charge < -0.3 is 15.7 Å². The SMILES string of the molecule is O=C(O)C(F)(F)F.O=C1NC[C@@H]2CNCC[C@H]12. The number of hydrogen-bond donors (Lipinski definition) is 3. The maximum atomic E-state index is 11.1. The summed E-state index contributed by atoms with van der Waals surface area (Å²) < 4.78 is 31.7. The fraction of sp³-hybridized carbons (Fsp3) is 0.778. The van der Waals surface area contributed by atoms with Crippen LogP contribution in [0.15, 0.2) is 0 Å². The summed E-state index contributed by atoms with van der Waals surface area (Å²) in [5.74, 6) is -1.60. The number of carbonyl (C=O) groups is 2. The molecule has 17 heavy (non-hydrogen) atoms. The minimum absolute atomic E-state index is 0.270. The molecule has 0 radical (unpaired) electrons. The van der Waals surface area contributed by atoms with E-state index in [-0.39, 0.29) is 5.91 Å². The Morgan fingerprint density at radius 3 is 2.41 bits per heavy atom. The molecule has 0 aromatic carbocycles. The zero-order chi connectivity index (χ0) is 13.1. The van der Waals surface area contributed by atoms with Gasteiger partial charge in [0.2, 0.25) is 5.91 Å². The number of rotatable bonds is 0. The number of alkyl halides is 3. The number of hydrogen-bond acceptors (Lipinski definition) is 3. The zero-order valence-electron chi connectivity index (χ0n) is 8.88. The van der Waals surface area contributed by atoms with Crippen molar-refractivity contribution in [2.75, 3.05) is 19.6 Å². The fourth-order valence-electron chi connectivity index (χ4n) is 1.85. The normalized spacial score (nSPS) is 27.6. The van der Waals surface area contributed by atoms with Crippen LogP contribution in [0.4, 0.5) is 13.2 Å². The molecule has 98 valence electrons. The second kappa shape index (κ2) is 5.35. The number of carbonyl (C=O) groups excluding carboxylic acids is 1. The van der Waals surface area contributed by atoms with E-state index in [4.69, 9.17) is 9.90 Å². The molecule has 2 saturated heterocycles. The number of carboxylic acid groups (broad SMARTS) is 1. The molecule has 2 fully saturated rings. The number of piperidine rings is 1. The molecule has 0 aliphatic carbocycles. The van der Waals surface area contributed by atoms with Crippen molar-refractivity contribution in [2.24, 2.45) is 11.8 Å². The first-order valence-corrected chi connectivity index (χ1v) is 5.11. The third kappa shape index (κ3) is 3.88. The first kappa shape index (κ1) is 13.8. The molecule has 0 spiro atoms. The molecule has 2 aliphatic rings. The quantitative estimate of drug-likeness (QED) is 0.567. The van der Waals surface area contributed by atoms with Crippen molar-refractivity contribution in [1.29, 1.82) is 0 Å². The maximum absolute atomic E-state index is 11.1. The van der Waals surface area contributed by atoms with Gasteiger partial charge in [-0.25, -0.2) is 4.79 Å². The number of amides is 1. The van der Waals surface area contributed by atoms with E-state index < -0.39 is 12.1 Å². The lowest BCUT2D eigenvalue weighted by atomic mass is 9.89. The molecule has 5 nitrogen and oxygen atoms in total. The van der Waals surface area contributed by atoms with Crippen molar-refractivity contribution >= 4 is 11.9 Å². The Morgan fingerprint density at radius 1 is 1.35 bits per heavy atom. The van der Waals surface area contributed by atoms with Crippen LogP contribution in [-0.2, 0) is 9.59 Å². The van der Waals surface area contributed by atoms with Crippen molar-refractivity contribution in [3.05, 3.63) is 0 Å². The molecule has 0 saturated carbocycles. The van der Waals surface area contributed by atoms with Crippen LogP contribution in [0.1, 0.15) is 6.42 Å². The van der Waals surface area contributed by atoms with Gasteiger partial charge in [0, 0.05) is 24.9 Å². The van der Waals surface area contributed by atoms with E-state index in [2.05, 4.69) is 10.6 Å². The van der Waals surface area contributed by atoms with Gasteiger partial charge in [-0.15, -0.1) is 0 Å². The topological polar surface area (TPSA) is 78.4 Å². The van der Waals surface area contributed by atoms with E-state index in [9.17, 15) is 18.0 Å². The van der Waals surface area contributed by atoms with Gasteiger partial charge in [0.1, 0.15) is 0 Å². The highest BCUT2D eigenvalue weighted by atomic mass is 19.4. The first-order chi connectivity index (χ1) is 7.82. The summed E-state index contributed by atoms with van der Waals surface area (Å²) in [6, 6.07) is 0. The van der Waals surface area contributed by atoms with Crippen molar-refractivity contribution < 1.29 is 27.9 Å². The van der Waals surface area contributed by atoms with Gasteiger partial charge in [0.25, 0.3) is 0 Å². The van der Waals surface area contributed by atoms with Gasteiger partial charge in [0.05, 0.1) is 0 Å². The first-order valence-electron chi connectivity index (χ1n) is 5.11. The summed E-state index contributed by atoms with van der Waals surface area (Å²) in [6.45, 7) is 2.91. The van der Waals surface area contributed by atoms with E-state index in [0.717, 1.165) is 26.1 Å². The standard InChI is InChI=1S/C7H12N2O.C2HF3O2/c10-7-6-1-2-8-3-5(6)4-9-7;3-2(4,5)1(6)7/h5-6,8H,1-4H2,(H,9,10);(H,6,7)/t5-,6-;/m0./s1. The van der Waals surface area contributed by atoms with Crippen molar-refractivity contribution in [2.45, 2.75) is 12.6 Å². The van der Waals surface area contributed by atoms with E-state index in [1.807, 2.05) is 0 Å².